The Hall–Kier alpha value is -2.85. The van der Waals surface area contributed by atoms with E-state index in [1.165, 1.54) is 0 Å². The lowest BCUT2D eigenvalue weighted by Crippen LogP contribution is -2.01. The second-order valence-corrected chi connectivity index (χ2v) is 6.57. The van der Waals surface area contributed by atoms with Gasteiger partial charge in [-0.3, -0.25) is 0 Å². The van der Waals surface area contributed by atoms with Crippen LogP contribution in [-0.4, -0.2) is 21.1 Å². The Morgan fingerprint density at radius 2 is 1.88 bits per heavy atom. The predicted octanol–water partition coefficient (Wildman–Crippen LogP) is 5.48. The van der Waals surface area contributed by atoms with E-state index >= 15 is 0 Å². The summed E-state index contributed by atoms with van der Waals surface area (Å²) in [6.07, 6.45) is 3.71. The number of fused-ring (bicyclic) bond motifs is 1. The molecule has 0 spiro atoms. The van der Waals surface area contributed by atoms with Gasteiger partial charge in [-0.25, -0.2) is 9.97 Å². The van der Waals surface area contributed by atoms with Crippen LogP contribution in [0.3, 0.4) is 0 Å². The largest absolute Gasteiger partial charge is 0.370 e. The summed E-state index contributed by atoms with van der Waals surface area (Å²) in [6.45, 7) is 4.86. The van der Waals surface area contributed by atoms with Crippen molar-refractivity contribution in [1.82, 2.24) is 14.5 Å². The fourth-order valence-corrected chi connectivity index (χ4v) is 3.30. The van der Waals surface area contributed by atoms with E-state index in [9.17, 15) is 0 Å². The molecule has 0 atom stereocenters. The van der Waals surface area contributed by atoms with Gasteiger partial charge < -0.3 is 9.88 Å². The number of aryl methyl sites for hydroxylation is 1. The van der Waals surface area contributed by atoms with Crippen molar-refractivity contribution in [2.75, 3.05) is 11.9 Å². The standard InChI is InChI=1S/C21H19ClN4/c1-3-23-20-19-17(15-7-5-4-6-8-15)12-26(21(19)25-13-24-20)16-10-9-14(2)18(22)11-16/h4-13H,3H2,1-2H3,(H,23,24,25). The van der Waals surface area contributed by atoms with Crippen LogP contribution in [0.25, 0.3) is 27.8 Å². The van der Waals surface area contributed by atoms with Crippen LogP contribution < -0.4 is 5.32 Å². The fourth-order valence-electron chi connectivity index (χ4n) is 3.13. The molecule has 0 unspecified atom stereocenters. The molecule has 2 aromatic carbocycles. The van der Waals surface area contributed by atoms with E-state index in [0.717, 1.165) is 50.8 Å². The lowest BCUT2D eigenvalue weighted by molar-refractivity contribution is 1.07. The molecule has 130 valence electrons. The minimum Gasteiger partial charge on any atom is -0.370 e. The molecule has 4 rings (SSSR count). The lowest BCUT2D eigenvalue weighted by atomic mass is 10.1. The van der Waals surface area contributed by atoms with Crippen molar-refractivity contribution < 1.29 is 0 Å². The van der Waals surface area contributed by atoms with Gasteiger partial charge in [0.2, 0.25) is 0 Å². The first kappa shape index (κ1) is 16.6. The number of benzene rings is 2. The molecule has 0 aliphatic heterocycles. The molecule has 0 aliphatic rings. The van der Waals surface area contributed by atoms with Crippen molar-refractivity contribution in [2.24, 2.45) is 0 Å². The zero-order valence-electron chi connectivity index (χ0n) is 14.7. The van der Waals surface area contributed by atoms with Gasteiger partial charge in [0.25, 0.3) is 0 Å². The fraction of sp³-hybridized carbons (Fsp3) is 0.143. The highest BCUT2D eigenvalue weighted by Crippen LogP contribution is 2.35. The van der Waals surface area contributed by atoms with Crippen LogP contribution in [0.5, 0.6) is 0 Å². The molecule has 0 bridgehead atoms. The monoisotopic (exact) mass is 362 g/mol. The van der Waals surface area contributed by atoms with Gasteiger partial charge in [-0.05, 0) is 37.1 Å². The number of aromatic nitrogens is 3. The SMILES string of the molecule is CCNc1ncnc2c1c(-c1ccccc1)cn2-c1ccc(C)c(Cl)c1. The second kappa shape index (κ2) is 6.81. The zero-order chi connectivity index (χ0) is 18.1. The molecule has 1 N–H and O–H groups in total. The number of rotatable bonds is 4. The number of halogens is 1. The van der Waals surface area contributed by atoms with Crippen LogP contribution in [0.15, 0.2) is 61.1 Å². The minimum absolute atomic E-state index is 0.742. The highest BCUT2D eigenvalue weighted by atomic mass is 35.5. The average molecular weight is 363 g/mol. The molecular formula is C21H19ClN4. The Morgan fingerprint density at radius 3 is 2.62 bits per heavy atom. The summed E-state index contributed by atoms with van der Waals surface area (Å²) in [5.41, 5.74) is 5.11. The molecule has 0 fully saturated rings. The molecule has 0 radical (unpaired) electrons. The van der Waals surface area contributed by atoms with Gasteiger partial charge in [-0.1, -0.05) is 48.0 Å². The van der Waals surface area contributed by atoms with Crippen molar-refractivity contribution in [1.29, 1.82) is 0 Å². The first-order valence-corrected chi connectivity index (χ1v) is 8.98. The molecule has 0 saturated heterocycles. The van der Waals surface area contributed by atoms with E-state index in [1.807, 2.05) is 37.3 Å². The molecule has 26 heavy (non-hydrogen) atoms. The molecule has 4 nitrogen and oxygen atoms in total. The highest BCUT2D eigenvalue weighted by Gasteiger charge is 2.17. The molecular weight excluding hydrogens is 344 g/mol. The van der Waals surface area contributed by atoms with Crippen molar-refractivity contribution in [3.05, 3.63) is 71.6 Å². The summed E-state index contributed by atoms with van der Waals surface area (Å²) in [6, 6.07) is 16.4. The molecule has 0 saturated carbocycles. The Labute approximate surface area is 157 Å². The minimum atomic E-state index is 0.742. The maximum atomic E-state index is 6.36. The van der Waals surface area contributed by atoms with Crippen molar-refractivity contribution in [3.63, 3.8) is 0 Å². The Kier molecular flexibility index (Phi) is 4.35. The van der Waals surface area contributed by atoms with Crippen molar-refractivity contribution in [2.45, 2.75) is 13.8 Å². The van der Waals surface area contributed by atoms with E-state index in [0.29, 0.717) is 0 Å². The summed E-state index contributed by atoms with van der Waals surface area (Å²) in [5, 5.41) is 5.11. The topological polar surface area (TPSA) is 42.7 Å². The van der Waals surface area contributed by atoms with Crippen LogP contribution in [0.2, 0.25) is 5.02 Å². The molecule has 0 amide bonds. The third-order valence-electron chi connectivity index (χ3n) is 4.45. The number of anilines is 1. The van der Waals surface area contributed by atoms with E-state index in [1.54, 1.807) is 6.33 Å². The zero-order valence-corrected chi connectivity index (χ0v) is 15.5. The van der Waals surface area contributed by atoms with Crippen molar-refractivity contribution >= 4 is 28.5 Å². The maximum Gasteiger partial charge on any atom is 0.150 e. The van der Waals surface area contributed by atoms with E-state index in [4.69, 9.17) is 11.6 Å². The predicted molar refractivity (Wildman–Crippen MR) is 108 cm³/mol. The van der Waals surface area contributed by atoms with Gasteiger partial charge >= 0.3 is 0 Å². The molecule has 4 aromatic rings. The van der Waals surface area contributed by atoms with Gasteiger partial charge in [-0.2, -0.15) is 0 Å². The molecule has 0 aliphatic carbocycles. The molecule has 2 aromatic heterocycles. The van der Waals surface area contributed by atoms with E-state index in [2.05, 4.69) is 51.2 Å². The summed E-state index contributed by atoms with van der Waals surface area (Å²) < 4.78 is 2.07. The Balaban J connectivity index is 2.03. The molecule has 5 heteroatoms. The van der Waals surface area contributed by atoms with E-state index in [-0.39, 0.29) is 0 Å². The summed E-state index contributed by atoms with van der Waals surface area (Å²) in [4.78, 5) is 9.03. The summed E-state index contributed by atoms with van der Waals surface area (Å²) in [7, 11) is 0. The van der Waals surface area contributed by atoms with Gasteiger partial charge in [-0.15, -0.1) is 0 Å². The molecule has 2 heterocycles. The van der Waals surface area contributed by atoms with Crippen molar-refractivity contribution in [3.8, 4) is 16.8 Å². The van der Waals surface area contributed by atoms with Crippen LogP contribution in [0, 0.1) is 6.92 Å². The number of hydrogen-bond donors (Lipinski definition) is 1. The van der Waals surface area contributed by atoms with Gasteiger partial charge in [0, 0.05) is 29.0 Å². The van der Waals surface area contributed by atoms with Crippen LogP contribution in [0.1, 0.15) is 12.5 Å². The maximum absolute atomic E-state index is 6.36. The number of nitrogens with one attached hydrogen (secondary N) is 1. The Bertz CT molecular complexity index is 1070. The first-order valence-electron chi connectivity index (χ1n) is 8.61. The van der Waals surface area contributed by atoms with Crippen LogP contribution >= 0.6 is 11.6 Å². The van der Waals surface area contributed by atoms with E-state index < -0.39 is 0 Å². The van der Waals surface area contributed by atoms with Crippen LogP contribution in [-0.2, 0) is 0 Å². The quantitative estimate of drug-likeness (QED) is 0.522. The normalized spacial score (nSPS) is 11.0. The number of nitrogens with zero attached hydrogens (tertiary/aromatic N) is 3. The third kappa shape index (κ3) is 2.82. The lowest BCUT2D eigenvalue weighted by Gasteiger charge is -2.08. The summed E-state index contributed by atoms with van der Waals surface area (Å²) in [5.74, 6) is 0.841. The summed E-state index contributed by atoms with van der Waals surface area (Å²) >= 11 is 6.36. The third-order valence-corrected chi connectivity index (χ3v) is 4.85. The van der Waals surface area contributed by atoms with Gasteiger partial charge in [0.05, 0.1) is 5.39 Å². The number of hydrogen-bond acceptors (Lipinski definition) is 3. The first-order chi connectivity index (χ1) is 12.7. The highest BCUT2D eigenvalue weighted by molar-refractivity contribution is 6.31. The van der Waals surface area contributed by atoms with Crippen LogP contribution in [0.4, 0.5) is 5.82 Å². The van der Waals surface area contributed by atoms with Gasteiger partial charge in [0.1, 0.15) is 12.1 Å². The smallest absolute Gasteiger partial charge is 0.150 e. The van der Waals surface area contributed by atoms with Gasteiger partial charge in [0.15, 0.2) is 5.65 Å². The average Bonchev–Trinajstić information content (AvgIpc) is 3.06. The Morgan fingerprint density at radius 1 is 1.08 bits per heavy atom. The second-order valence-electron chi connectivity index (χ2n) is 6.16.